The van der Waals surface area contributed by atoms with Gasteiger partial charge in [-0.05, 0) is 106 Å². The topological polar surface area (TPSA) is 127 Å². The van der Waals surface area contributed by atoms with Crippen LogP contribution in [-0.2, 0) is 24.4 Å². The average Bonchev–Trinajstić information content (AvgIpc) is 3.33. The SMILES string of the molecule is CCC(C)(CC(CC(C)c1ccc(O)cc1)c1ccc(OC(=O)C(F)(F)S(=O)(=O)O)cc1)C(=O)OC1(C)CCCC1. The van der Waals surface area contributed by atoms with Gasteiger partial charge < -0.3 is 14.6 Å². The molecule has 8 nitrogen and oxygen atoms in total. The first-order chi connectivity index (χ1) is 19.0. The summed E-state index contributed by atoms with van der Waals surface area (Å²) >= 11 is 0. The average molecular weight is 597 g/mol. The van der Waals surface area contributed by atoms with Crippen molar-refractivity contribution in [3.05, 3.63) is 59.7 Å². The smallest absolute Gasteiger partial charge is 0.466 e. The second kappa shape index (κ2) is 12.4. The van der Waals surface area contributed by atoms with E-state index in [0.29, 0.717) is 19.3 Å². The van der Waals surface area contributed by atoms with E-state index in [0.717, 1.165) is 36.8 Å². The second-order valence-electron chi connectivity index (χ2n) is 11.5. The van der Waals surface area contributed by atoms with Gasteiger partial charge in [0.25, 0.3) is 0 Å². The van der Waals surface area contributed by atoms with Gasteiger partial charge in [0.2, 0.25) is 0 Å². The largest absolute Gasteiger partial charge is 0.508 e. The minimum absolute atomic E-state index is 0.0102. The number of halogens is 2. The van der Waals surface area contributed by atoms with E-state index in [-0.39, 0.29) is 29.3 Å². The monoisotopic (exact) mass is 596 g/mol. The maximum absolute atomic E-state index is 13.6. The predicted molar refractivity (Wildman–Crippen MR) is 148 cm³/mol. The zero-order valence-corrected chi connectivity index (χ0v) is 24.5. The lowest BCUT2D eigenvalue weighted by Crippen LogP contribution is -2.40. The van der Waals surface area contributed by atoms with Crippen LogP contribution in [0.2, 0.25) is 0 Å². The van der Waals surface area contributed by atoms with Gasteiger partial charge in [-0.1, -0.05) is 38.1 Å². The molecule has 3 rings (SSSR count). The molecule has 0 spiro atoms. The van der Waals surface area contributed by atoms with Crippen LogP contribution in [0.15, 0.2) is 48.5 Å². The van der Waals surface area contributed by atoms with Gasteiger partial charge in [0.05, 0.1) is 5.41 Å². The van der Waals surface area contributed by atoms with Crippen molar-refractivity contribution in [3.8, 4) is 11.5 Å². The Morgan fingerprint density at radius 1 is 1.00 bits per heavy atom. The Bertz CT molecular complexity index is 1320. The molecule has 2 aromatic rings. The van der Waals surface area contributed by atoms with E-state index < -0.39 is 32.4 Å². The number of benzene rings is 2. The van der Waals surface area contributed by atoms with Gasteiger partial charge in [0.15, 0.2) is 0 Å². The van der Waals surface area contributed by atoms with Crippen molar-refractivity contribution in [1.82, 2.24) is 0 Å². The first-order valence-electron chi connectivity index (χ1n) is 13.7. The highest BCUT2D eigenvalue weighted by atomic mass is 32.2. The summed E-state index contributed by atoms with van der Waals surface area (Å²) < 4.78 is 68.3. The van der Waals surface area contributed by atoms with Gasteiger partial charge in [-0.3, -0.25) is 9.35 Å². The van der Waals surface area contributed by atoms with E-state index in [1.165, 1.54) is 12.1 Å². The lowest BCUT2D eigenvalue weighted by Gasteiger charge is -2.35. The van der Waals surface area contributed by atoms with E-state index in [1.807, 2.05) is 39.8 Å². The van der Waals surface area contributed by atoms with Gasteiger partial charge >= 0.3 is 27.3 Å². The fraction of sp³-hybridized carbons (Fsp3) is 0.533. The summed E-state index contributed by atoms with van der Waals surface area (Å²) in [6, 6.07) is 12.5. The van der Waals surface area contributed by atoms with Crippen molar-refractivity contribution in [2.24, 2.45) is 5.41 Å². The van der Waals surface area contributed by atoms with Crippen LogP contribution in [0.4, 0.5) is 8.78 Å². The molecule has 0 bridgehead atoms. The molecule has 0 amide bonds. The van der Waals surface area contributed by atoms with Crippen molar-refractivity contribution in [2.45, 2.75) is 95.3 Å². The number of esters is 2. The number of phenols is 1. The van der Waals surface area contributed by atoms with E-state index in [1.54, 1.807) is 24.3 Å². The molecule has 226 valence electrons. The molecule has 1 aliphatic rings. The highest BCUT2D eigenvalue weighted by Gasteiger charge is 2.54. The molecule has 11 heteroatoms. The van der Waals surface area contributed by atoms with Crippen molar-refractivity contribution < 1.29 is 45.9 Å². The van der Waals surface area contributed by atoms with E-state index in [2.05, 4.69) is 4.74 Å². The van der Waals surface area contributed by atoms with Crippen LogP contribution >= 0.6 is 0 Å². The third kappa shape index (κ3) is 7.82. The van der Waals surface area contributed by atoms with Crippen molar-refractivity contribution in [2.75, 3.05) is 0 Å². The molecule has 2 aromatic carbocycles. The fourth-order valence-corrected chi connectivity index (χ4v) is 5.52. The van der Waals surface area contributed by atoms with Gasteiger partial charge in [-0.25, -0.2) is 4.79 Å². The molecule has 1 fully saturated rings. The Kier molecular flexibility index (Phi) is 9.85. The maximum atomic E-state index is 13.6. The van der Waals surface area contributed by atoms with Crippen molar-refractivity contribution >= 4 is 22.1 Å². The van der Waals surface area contributed by atoms with Crippen LogP contribution in [0.25, 0.3) is 0 Å². The molecular weight excluding hydrogens is 558 g/mol. The second-order valence-corrected chi connectivity index (χ2v) is 13.0. The van der Waals surface area contributed by atoms with Crippen LogP contribution in [0.5, 0.6) is 11.5 Å². The van der Waals surface area contributed by atoms with Gasteiger partial charge in [0, 0.05) is 0 Å². The zero-order valence-electron chi connectivity index (χ0n) is 23.7. The molecule has 0 radical (unpaired) electrons. The summed E-state index contributed by atoms with van der Waals surface area (Å²) in [5.41, 5.74) is 0.410. The number of hydrogen-bond donors (Lipinski definition) is 2. The van der Waals surface area contributed by atoms with Crippen molar-refractivity contribution in [1.29, 1.82) is 0 Å². The Morgan fingerprint density at radius 2 is 1.54 bits per heavy atom. The fourth-order valence-electron chi connectivity index (χ4n) is 5.27. The number of phenolic OH excluding ortho intramolecular Hbond substituents is 1. The normalized spacial score (nSPS) is 18.2. The lowest BCUT2D eigenvalue weighted by atomic mass is 9.73. The number of carbonyl (C=O) groups excluding carboxylic acids is 2. The maximum Gasteiger partial charge on any atom is 0.466 e. The highest BCUT2D eigenvalue weighted by molar-refractivity contribution is 7.87. The first-order valence-corrected chi connectivity index (χ1v) is 15.1. The number of carbonyl (C=O) groups is 2. The Labute approximate surface area is 239 Å². The molecule has 3 atom stereocenters. The third-order valence-electron chi connectivity index (χ3n) is 8.19. The van der Waals surface area contributed by atoms with Crippen LogP contribution < -0.4 is 4.74 Å². The molecular formula is C30H38F2O8S. The molecule has 0 heterocycles. The van der Waals surface area contributed by atoms with Crippen LogP contribution in [0, 0.1) is 5.41 Å². The number of hydrogen-bond acceptors (Lipinski definition) is 7. The predicted octanol–water partition coefficient (Wildman–Crippen LogP) is 6.74. The van der Waals surface area contributed by atoms with Gasteiger partial charge in [-0.15, -0.1) is 0 Å². The molecule has 2 N–H and O–H groups in total. The van der Waals surface area contributed by atoms with Crippen molar-refractivity contribution in [3.63, 3.8) is 0 Å². The quantitative estimate of drug-likeness (QED) is 0.157. The molecule has 1 saturated carbocycles. The minimum Gasteiger partial charge on any atom is -0.508 e. The Morgan fingerprint density at radius 3 is 2.05 bits per heavy atom. The molecule has 3 unspecified atom stereocenters. The standard InChI is InChI=1S/C30H38F2O8S/c1-5-28(3,26(34)40-29(4)16-6-7-17-29)19-23(18-20(2)21-8-12-24(33)13-9-21)22-10-14-25(15-11-22)39-27(35)30(31,32)41(36,37)38/h8-15,20,23,33H,5-7,16-19H2,1-4H3,(H,36,37,38). The van der Waals surface area contributed by atoms with Crippen LogP contribution in [0.1, 0.15) is 95.6 Å². The zero-order chi connectivity index (χ0) is 30.6. The summed E-state index contributed by atoms with van der Waals surface area (Å²) in [5, 5.41) is 4.57. The summed E-state index contributed by atoms with van der Waals surface area (Å²) in [7, 11) is -6.00. The number of aromatic hydroxyl groups is 1. The van der Waals surface area contributed by atoms with E-state index in [9.17, 15) is 31.9 Å². The van der Waals surface area contributed by atoms with Crippen LogP contribution in [-0.4, -0.2) is 40.9 Å². The molecule has 0 aromatic heterocycles. The number of ether oxygens (including phenoxy) is 2. The number of rotatable bonds is 12. The molecule has 1 aliphatic carbocycles. The lowest BCUT2D eigenvalue weighted by molar-refractivity contribution is -0.170. The van der Waals surface area contributed by atoms with E-state index >= 15 is 0 Å². The summed E-state index contributed by atoms with van der Waals surface area (Å²) in [6.45, 7) is 7.79. The molecule has 41 heavy (non-hydrogen) atoms. The summed E-state index contributed by atoms with van der Waals surface area (Å²) in [6.07, 6.45) is 5.17. The van der Waals surface area contributed by atoms with Gasteiger partial charge in [-0.2, -0.15) is 17.2 Å². The highest BCUT2D eigenvalue weighted by Crippen LogP contribution is 2.43. The van der Waals surface area contributed by atoms with Gasteiger partial charge in [0.1, 0.15) is 17.1 Å². The molecule has 0 saturated heterocycles. The summed E-state index contributed by atoms with van der Waals surface area (Å²) in [4.78, 5) is 25.2. The van der Waals surface area contributed by atoms with E-state index in [4.69, 9.17) is 9.29 Å². The molecule has 0 aliphatic heterocycles. The Hall–Kier alpha value is -3.05. The minimum atomic E-state index is -6.00. The summed E-state index contributed by atoms with van der Waals surface area (Å²) in [5.74, 6) is -3.09. The number of alkyl halides is 2. The third-order valence-corrected chi connectivity index (χ3v) is 9.01. The first kappa shape index (κ1) is 32.5. The Balaban J connectivity index is 1.88. The van der Waals surface area contributed by atoms with Crippen LogP contribution in [0.3, 0.4) is 0 Å².